The molecule has 0 amide bonds. The standard InChI is InChI=1S/C40H34BN2O3/c1-39(2,44)40(3,4)46-41-36-30(22-23-32-31-20-11-12-21-35(31)45-37(32)36)28-18-13-19-29(24-28)34-25-33(26-14-7-5-8-15-26)42-38(43-34)27-16-9-6-10-17-27/h5-25,44H,1-4H3. The predicted octanol–water partition coefficient (Wildman–Crippen LogP) is 8.85. The summed E-state index contributed by atoms with van der Waals surface area (Å²) in [5, 5.41) is 12.9. The van der Waals surface area contributed by atoms with Gasteiger partial charge in [0.15, 0.2) is 5.82 Å². The minimum atomic E-state index is -1.08. The molecule has 0 spiro atoms. The zero-order valence-corrected chi connectivity index (χ0v) is 26.4. The molecule has 0 bridgehead atoms. The lowest BCUT2D eigenvalue weighted by Crippen LogP contribution is -2.49. The molecule has 7 rings (SSSR count). The summed E-state index contributed by atoms with van der Waals surface area (Å²) in [6.45, 7) is 7.27. The van der Waals surface area contributed by atoms with Gasteiger partial charge in [-0.15, -0.1) is 0 Å². The second kappa shape index (κ2) is 11.7. The largest absolute Gasteiger partial charge is 0.457 e. The van der Waals surface area contributed by atoms with Crippen LogP contribution in [0.25, 0.3) is 67.0 Å². The van der Waals surface area contributed by atoms with Crippen molar-refractivity contribution in [1.82, 2.24) is 9.97 Å². The fourth-order valence-electron chi connectivity index (χ4n) is 5.44. The summed E-state index contributed by atoms with van der Waals surface area (Å²) in [5.41, 5.74) is 6.96. The van der Waals surface area contributed by atoms with Crippen LogP contribution in [0.2, 0.25) is 0 Å². The van der Waals surface area contributed by atoms with E-state index < -0.39 is 11.2 Å². The van der Waals surface area contributed by atoms with Crippen molar-refractivity contribution in [1.29, 1.82) is 0 Å². The highest BCUT2D eigenvalue weighted by atomic mass is 16.5. The van der Waals surface area contributed by atoms with Gasteiger partial charge in [0.25, 0.3) is 0 Å². The summed E-state index contributed by atoms with van der Waals surface area (Å²) in [5.74, 6) is 0.669. The summed E-state index contributed by atoms with van der Waals surface area (Å²) >= 11 is 0. The van der Waals surface area contributed by atoms with Gasteiger partial charge in [0.2, 0.25) is 0 Å². The molecule has 0 saturated heterocycles. The van der Waals surface area contributed by atoms with E-state index in [4.69, 9.17) is 19.0 Å². The van der Waals surface area contributed by atoms with Gasteiger partial charge in [-0.3, -0.25) is 0 Å². The highest BCUT2D eigenvalue weighted by Crippen LogP contribution is 2.34. The first-order valence-corrected chi connectivity index (χ1v) is 15.5. The van der Waals surface area contributed by atoms with Crippen LogP contribution in [0.4, 0.5) is 0 Å². The number of aliphatic hydroxyl groups is 1. The molecule has 0 aliphatic rings. The average Bonchev–Trinajstić information content (AvgIpc) is 3.46. The number of furan rings is 1. The van der Waals surface area contributed by atoms with Crippen molar-refractivity contribution in [3.63, 3.8) is 0 Å². The number of hydrogen-bond donors (Lipinski definition) is 1. The van der Waals surface area contributed by atoms with Gasteiger partial charge in [0.05, 0.1) is 22.6 Å². The van der Waals surface area contributed by atoms with Crippen LogP contribution in [0.3, 0.4) is 0 Å². The van der Waals surface area contributed by atoms with E-state index in [-0.39, 0.29) is 0 Å². The van der Waals surface area contributed by atoms with E-state index in [1.54, 1.807) is 21.3 Å². The molecule has 225 valence electrons. The van der Waals surface area contributed by atoms with Gasteiger partial charge in [0.1, 0.15) is 11.2 Å². The van der Waals surface area contributed by atoms with E-state index in [0.29, 0.717) is 5.82 Å². The molecule has 0 saturated carbocycles. The Kier molecular flexibility index (Phi) is 7.56. The topological polar surface area (TPSA) is 68.4 Å². The fraction of sp³-hybridized carbons (Fsp3) is 0.150. The maximum Gasteiger partial charge on any atom is 0.335 e. The summed E-state index contributed by atoms with van der Waals surface area (Å²) in [6, 6.07) is 42.9. The lowest BCUT2D eigenvalue weighted by Gasteiger charge is -2.37. The van der Waals surface area contributed by atoms with Crippen molar-refractivity contribution in [2.24, 2.45) is 0 Å². The van der Waals surface area contributed by atoms with Crippen molar-refractivity contribution in [2.75, 3.05) is 0 Å². The van der Waals surface area contributed by atoms with Crippen molar-refractivity contribution >= 4 is 34.9 Å². The molecular formula is C40H34BN2O3. The molecule has 2 aromatic heterocycles. The van der Waals surface area contributed by atoms with Crippen LogP contribution in [0.15, 0.2) is 132 Å². The van der Waals surface area contributed by atoms with Crippen LogP contribution in [-0.2, 0) is 4.65 Å². The molecular weight excluding hydrogens is 567 g/mol. The average molecular weight is 602 g/mol. The van der Waals surface area contributed by atoms with Gasteiger partial charge in [0, 0.05) is 27.5 Å². The van der Waals surface area contributed by atoms with Crippen molar-refractivity contribution in [3.8, 4) is 45.0 Å². The van der Waals surface area contributed by atoms with Crippen LogP contribution in [-0.4, -0.2) is 33.8 Å². The van der Waals surface area contributed by atoms with Crippen LogP contribution in [0, 0.1) is 0 Å². The first-order chi connectivity index (χ1) is 22.2. The van der Waals surface area contributed by atoms with Crippen molar-refractivity contribution in [3.05, 3.63) is 127 Å². The SMILES string of the molecule is CC(C)(O)C(C)(C)O[B]c1c(-c2cccc(-c3cc(-c4ccccc4)nc(-c4ccccc4)n3)c2)ccc2c1oc1ccccc12. The Morgan fingerprint density at radius 1 is 0.609 bits per heavy atom. The van der Waals surface area contributed by atoms with E-state index in [0.717, 1.165) is 66.6 Å². The summed E-state index contributed by atoms with van der Waals surface area (Å²) in [4.78, 5) is 9.99. The third kappa shape index (κ3) is 5.62. The van der Waals surface area contributed by atoms with E-state index in [1.807, 2.05) is 92.7 Å². The highest BCUT2D eigenvalue weighted by molar-refractivity contribution is 6.54. The maximum absolute atomic E-state index is 10.8. The van der Waals surface area contributed by atoms with Crippen molar-refractivity contribution in [2.45, 2.75) is 38.9 Å². The molecule has 0 aliphatic carbocycles. The van der Waals surface area contributed by atoms with E-state index >= 15 is 0 Å². The van der Waals surface area contributed by atoms with Gasteiger partial charge in [-0.2, -0.15) is 0 Å². The number of benzene rings is 5. The number of fused-ring (bicyclic) bond motifs is 3. The van der Waals surface area contributed by atoms with Crippen LogP contribution in [0.1, 0.15) is 27.7 Å². The summed E-state index contributed by atoms with van der Waals surface area (Å²) < 4.78 is 12.8. The Morgan fingerprint density at radius 3 is 1.93 bits per heavy atom. The normalized spacial score (nSPS) is 12.1. The molecule has 7 aromatic rings. The Hall–Kier alpha value is -5.04. The van der Waals surface area contributed by atoms with Gasteiger partial charge >= 0.3 is 7.48 Å². The third-order valence-corrected chi connectivity index (χ3v) is 8.83. The summed E-state index contributed by atoms with van der Waals surface area (Å²) in [6.07, 6.45) is 0. The van der Waals surface area contributed by atoms with E-state index in [2.05, 4.69) is 48.5 Å². The molecule has 2 heterocycles. The molecule has 0 atom stereocenters. The molecule has 0 unspecified atom stereocenters. The Bertz CT molecular complexity index is 2110. The van der Waals surface area contributed by atoms with Crippen molar-refractivity contribution < 1.29 is 14.2 Å². The molecule has 5 aromatic carbocycles. The Morgan fingerprint density at radius 2 is 1.22 bits per heavy atom. The molecule has 6 heteroatoms. The fourth-order valence-corrected chi connectivity index (χ4v) is 5.44. The van der Waals surface area contributed by atoms with Crippen LogP contribution < -0.4 is 5.46 Å². The quantitative estimate of drug-likeness (QED) is 0.176. The first kappa shape index (κ1) is 29.7. The van der Waals surface area contributed by atoms with E-state index in [9.17, 15) is 5.11 Å². The number of rotatable bonds is 8. The number of hydrogen-bond acceptors (Lipinski definition) is 5. The number of nitrogens with zero attached hydrogens (tertiary/aromatic N) is 2. The smallest absolute Gasteiger partial charge is 0.335 e. The van der Waals surface area contributed by atoms with Crippen LogP contribution in [0.5, 0.6) is 0 Å². The molecule has 0 aliphatic heterocycles. The van der Waals surface area contributed by atoms with Gasteiger partial charge in [-0.1, -0.05) is 103 Å². The van der Waals surface area contributed by atoms with Crippen LogP contribution >= 0.6 is 0 Å². The maximum atomic E-state index is 10.8. The molecule has 1 N–H and O–H groups in total. The molecule has 0 fully saturated rings. The lowest BCUT2D eigenvalue weighted by atomic mass is 9.77. The molecule has 1 radical (unpaired) electrons. The number of aromatic nitrogens is 2. The predicted molar refractivity (Wildman–Crippen MR) is 188 cm³/mol. The van der Waals surface area contributed by atoms with E-state index in [1.165, 1.54) is 0 Å². The van der Waals surface area contributed by atoms with Gasteiger partial charge in [-0.05, 0) is 68.6 Å². The monoisotopic (exact) mass is 601 g/mol. The first-order valence-electron chi connectivity index (χ1n) is 15.5. The molecule has 46 heavy (non-hydrogen) atoms. The minimum Gasteiger partial charge on any atom is -0.457 e. The van der Waals surface area contributed by atoms with Gasteiger partial charge in [-0.25, -0.2) is 9.97 Å². The zero-order chi connectivity index (χ0) is 31.9. The zero-order valence-electron chi connectivity index (χ0n) is 26.4. The third-order valence-electron chi connectivity index (χ3n) is 8.83. The lowest BCUT2D eigenvalue weighted by molar-refractivity contribution is -0.0893. The highest BCUT2D eigenvalue weighted by Gasteiger charge is 2.36. The van der Waals surface area contributed by atoms with Gasteiger partial charge < -0.3 is 14.2 Å². The minimum absolute atomic E-state index is 0.669. The Labute approximate surface area is 269 Å². The Balaban J connectivity index is 1.38. The number of para-hydroxylation sites is 1. The molecule has 5 nitrogen and oxygen atoms in total. The second-order valence-corrected chi connectivity index (χ2v) is 12.6. The summed E-state index contributed by atoms with van der Waals surface area (Å²) in [7, 11) is 1.73. The second-order valence-electron chi connectivity index (χ2n) is 12.6.